The van der Waals surface area contributed by atoms with Gasteiger partial charge in [0.05, 0.1) is 6.42 Å². The Labute approximate surface area is 133 Å². The summed E-state index contributed by atoms with van der Waals surface area (Å²) < 4.78 is 18.3. The molecule has 3 aromatic rings. The zero-order valence-electron chi connectivity index (χ0n) is 12.8. The highest BCUT2D eigenvalue weighted by atomic mass is 19.1. The summed E-state index contributed by atoms with van der Waals surface area (Å²) in [5, 5.41) is 2.87. The SMILES string of the molecule is Cc1nc2ccc(CCNC(=O)Cc3ccc(F)cc3)cc2o1. The van der Waals surface area contributed by atoms with Crippen LogP contribution in [0.4, 0.5) is 4.39 Å². The van der Waals surface area contributed by atoms with Gasteiger partial charge in [0.2, 0.25) is 5.91 Å². The lowest BCUT2D eigenvalue weighted by atomic mass is 10.1. The van der Waals surface area contributed by atoms with E-state index >= 15 is 0 Å². The summed E-state index contributed by atoms with van der Waals surface area (Å²) >= 11 is 0. The maximum absolute atomic E-state index is 12.8. The third-order valence-corrected chi connectivity index (χ3v) is 3.57. The second kappa shape index (κ2) is 6.60. The van der Waals surface area contributed by atoms with Crippen molar-refractivity contribution >= 4 is 17.0 Å². The third-order valence-electron chi connectivity index (χ3n) is 3.57. The Morgan fingerprint density at radius 1 is 1.17 bits per heavy atom. The van der Waals surface area contributed by atoms with Crippen molar-refractivity contribution < 1.29 is 13.6 Å². The van der Waals surface area contributed by atoms with Gasteiger partial charge in [-0.25, -0.2) is 9.37 Å². The molecule has 0 aliphatic rings. The minimum atomic E-state index is -0.299. The van der Waals surface area contributed by atoms with Crippen LogP contribution in [-0.4, -0.2) is 17.4 Å². The monoisotopic (exact) mass is 312 g/mol. The molecule has 0 saturated carbocycles. The van der Waals surface area contributed by atoms with Crippen LogP contribution in [0.2, 0.25) is 0 Å². The molecule has 1 aromatic heterocycles. The number of aryl methyl sites for hydroxylation is 1. The van der Waals surface area contributed by atoms with Crippen molar-refractivity contribution in [3.05, 3.63) is 65.3 Å². The first-order valence-corrected chi connectivity index (χ1v) is 7.47. The summed E-state index contributed by atoms with van der Waals surface area (Å²) in [5.74, 6) is 0.269. The fraction of sp³-hybridized carbons (Fsp3) is 0.222. The highest BCUT2D eigenvalue weighted by molar-refractivity contribution is 5.78. The highest BCUT2D eigenvalue weighted by Crippen LogP contribution is 2.17. The average Bonchev–Trinajstić information content (AvgIpc) is 2.89. The largest absolute Gasteiger partial charge is 0.441 e. The number of halogens is 1. The van der Waals surface area contributed by atoms with Gasteiger partial charge in [-0.1, -0.05) is 18.2 Å². The predicted molar refractivity (Wildman–Crippen MR) is 85.6 cm³/mol. The quantitative estimate of drug-likeness (QED) is 0.787. The minimum absolute atomic E-state index is 0.0757. The van der Waals surface area contributed by atoms with E-state index in [0.29, 0.717) is 18.9 Å². The molecule has 0 saturated heterocycles. The van der Waals surface area contributed by atoms with Gasteiger partial charge in [0, 0.05) is 13.5 Å². The van der Waals surface area contributed by atoms with Crippen LogP contribution >= 0.6 is 0 Å². The smallest absolute Gasteiger partial charge is 0.224 e. The Bertz CT molecular complexity index is 825. The Kier molecular flexibility index (Phi) is 4.37. The van der Waals surface area contributed by atoms with Crippen LogP contribution < -0.4 is 5.32 Å². The van der Waals surface area contributed by atoms with Gasteiger partial charge < -0.3 is 9.73 Å². The number of nitrogens with one attached hydrogen (secondary N) is 1. The number of hydrogen-bond donors (Lipinski definition) is 1. The molecule has 118 valence electrons. The molecule has 0 fully saturated rings. The average molecular weight is 312 g/mol. The Morgan fingerprint density at radius 3 is 2.70 bits per heavy atom. The van der Waals surface area contributed by atoms with E-state index in [1.165, 1.54) is 12.1 Å². The first kappa shape index (κ1) is 15.2. The summed E-state index contributed by atoms with van der Waals surface area (Å²) in [6, 6.07) is 11.8. The van der Waals surface area contributed by atoms with Gasteiger partial charge in [-0.15, -0.1) is 0 Å². The first-order valence-electron chi connectivity index (χ1n) is 7.47. The van der Waals surface area contributed by atoms with Crippen molar-refractivity contribution in [2.45, 2.75) is 19.8 Å². The van der Waals surface area contributed by atoms with E-state index in [0.717, 1.165) is 22.2 Å². The maximum Gasteiger partial charge on any atom is 0.224 e. The van der Waals surface area contributed by atoms with E-state index in [-0.39, 0.29) is 18.1 Å². The molecule has 3 rings (SSSR count). The number of fused-ring (bicyclic) bond motifs is 1. The molecule has 1 heterocycles. The summed E-state index contributed by atoms with van der Waals surface area (Å²) in [5.41, 5.74) is 3.47. The molecule has 1 N–H and O–H groups in total. The van der Waals surface area contributed by atoms with Crippen LogP contribution in [0.5, 0.6) is 0 Å². The Balaban J connectivity index is 1.51. The fourth-order valence-corrected chi connectivity index (χ4v) is 2.44. The first-order chi connectivity index (χ1) is 11.1. The molecule has 2 aromatic carbocycles. The molecule has 4 nitrogen and oxygen atoms in total. The second-order valence-corrected chi connectivity index (χ2v) is 5.44. The maximum atomic E-state index is 12.8. The molecule has 5 heteroatoms. The van der Waals surface area contributed by atoms with E-state index < -0.39 is 0 Å². The van der Waals surface area contributed by atoms with Gasteiger partial charge in [0.15, 0.2) is 11.5 Å². The highest BCUT2D eigenvalue weighted by Gasteiger charge is 2.05. The van der Waals surface area contributed by atoms with Crippen molar-refractivity contribution in [1.82, 2.24) is 10.3 Å². The van der Waals surface area contributed by atoms with Crippen LogP contribution in [0.15, 0.2) is 46.9 Å². The standard InChI is InChI=1S/C18H17FN2O2/c1-12-21-16-7-4-14(10-17(16)23-12)8-9-20-18(22)11-13-2-5-15(19)6-3-13/h2-7,10H,8-9,11H2,1H3,(H,20,22). The van der Waals surface area contributed by atoms with Crippen molar-refractivity contribution in [2.75, 3.05) is 6.54 Å². The Hall–Kier alpha value is -2.69. The lowest BCUT2D eigenvalue weighted by molar-refractivity contribution is -0.120. The van der Waals surface area contributed by atoms with Crippen LogP contribution in [0, 0.1) is 12.7 Å². The molecule has 0 spiro atoms. The topological polar surface area (TPSA) is 55.1 Å². The lowest BCUT2D eigenvalue weighted by Gasteiger charge is -2.05. The number of carbonyl (C=O) groups excluding carboxylic acids is 1. The van der Waals surface area contributed by atoms with Crippen LogP contribution in [0.3, 0.4) is 0 Å². The molecular weight excluding hydrogens is 295 g/mol. The number of nitrogens with zero attached hydrogens (tertiary/aromatic N) is 1. The van der Waals surface area contributed by atoms with Crippen molar-refractivity contribution in [1.29, 1.82) is 0 Å². The fourth-order valence-electron chi connectivity index (χ4n) is 2.44. The van der Waals surface area contributed by atoms with E-state index in [4.69, 9.17) is 4.42 Å². The molecule has 0 unspecified atom stereocenters. The van der Waals surface area contributed by atoms with Gasteiger partial charge in [0.1, 0.15) is 11.3 Å². The number of benzene rings is 2. The van der Waals surface area contributed by atoms with Crippen molar-refractivity contribution in [3.8, 4) is 0 Å². The molecule has 0 aliphatic heterocycles. The molecule has 23 heavy (non-hydrogen) atoms. The number of aromatic nitrogens is 1. The van der Waals surface area contributed by atoms with Crippen LogP contribution in [0.1, 0.15) is 17.0 Å². The Morgan fingerprint density at radius 2 is 1.91 bits per heavy atom. The van der Waals surface area contributed by atoms with Gasteiger partial charge in [0.25, 0.3) is 0 Å². The van der Waals surface area contributed by atoms with Crippen LogP contribution in [0.25, 0.3) is 11.1 Å². The lowest BCUT2D eigenvalue weighted by Crippen LogP contribution is -2.27. The molecule has 1 amide bonds. The van der Waals surface area contributed by atoms with Crippen molar-refractivity contribution in [3.63, 3.8) is 0 Å². The summed E-state index contributed by atoms with van der Waals surface area (Å²) in [6.45, 7) is 2.36. The van der Waals surface area contributed by atoms with E-state index in [1.54, 1.807) is 12.1 Å². The van der Waals surface area contributed by atoms with Gasteiger partial charge >= 0.3 is 0 Å². The zero-order chi connectivity index (χ0) is 16.2. The molecular formula is C18H17FN2O2. The summed E-state index contributed by atoms with van der Waals surface area (Å²) in [4.78, 5) is 16.1. The van der Waals surface area contributed by atoms with E-state index in [9.17, 15) is 9.18 Å². The minimum Gasteiger partial charge on any atom is -0.441 e. The van der Waals surface area contributed by atoms with Gasteiger partial charge in [-0.3, -0.25) is 4.79 Å². The molecule has 0 bridgehead atoms. The molecule has 0 aliphatic carbocycles. The number of hydrogen-bond acceptors (Lipinski definition) is 3. The molecule has 0 radical (unpaired) electrons. The summed E-state index contributed by atoms with van der Waals surface area (Å²) in [7, 11) is 0. The normalized spacial score (nSPS) is 10.9. The van der Waals surface area contributed by atoms with Crippen LogP contribution in [-0.2, 0) is 17.6 Å². The summed E-state index contributed by atoms with van der Waals surface area (Å²) in [6.07, 6.45) is 0.964. The number of oxazole rings is 1. The molecule has 0 atom stereocenters. The predicted octanol–water partition coefficient (Wildman–Crippen LogP) is 3.18. The number of carbonyl (C=O) groups is 1. The van der Waals surface area contributed by atoms with Crippen molar-refractivity contribution in [2.24, 2.45) is 0 Å². The third kappa shape index (κ3) is 3.94. The van der Waals surface area contributed by atoms with E-state index in [2.05, 4.69) is 10.3 Å². The van der Waals surface area contributed by atoms with Gasteiger partial charge in [-0.2, -0.15) is 0 Å². The number of amides is 1. The number of rotatable bonds is 5. The van der Waals surface area contributed by atoms with E-state index in [1.807, 2.05) is 25.1 Å². The van der Waals surface area contributed by atoms with Gasteiger partial charge in [-0.05, 0) is 41.8 Å². The second-order valence-electron chi connectivity index (χ2n) is 5.44. The zero-order valence-corrected chi connectivity index (χ0v) is 12.8.